The molecule has 0 unspecified atom stereocenters. The van der Waals surface area contributed by atoms with Crippen LogP contribution in [0.25, 0.3) is 0 Å². The Hall–Kier alpha value is -1.91. The lowest BCUT2D eigenvalue weighted by molar-refractivity contribution is -0.395. The van der Waals surface area contributed by atoms with E-state index in [1.165, 1.54) is 0 Å². The second-order valence-corrected chi connectivity index (χ2v) is 3.82. The average molecular weight is 330 g/mol. The standard InChI is InChI=1S/C7H3BrF3N3O4/c8-5-4(7(9,10)11)2(13(15)16)1-3(6(5)12)14(17)18/h1H,12H2. The van der Waals surface area contributed by atoms with Gasteiger partial charge < -0.3 is 5.73 Å². The Morgan fingerprint density at radius 1 is 1.17 bits per heavy atom. The Labute approximate surface area is 105 Å². The van der Waals surface area contributed by atoms with E-state index in [1.54, 1.807) is 0 Å². The number of nitrogens with two attached hydrogens (primary N) is 1. The van der Waals surface area contributed by atoms with Crippen molar-refractivity contribution in [3.63, 3.8) is 0 Å². The highest BCUT2D eigenvalue weighted by Gasteiger charge is 2.43. The van der Waals surface area contributed by atoms with Crippen LogP contribution in [0.3, 0.4) is 0 Å². The van der Waals surface area contributed by atoms with Crippen molar-refractivity contribution in [3.05, 3.63) is 36.3 Å². The van der Waals surface area contributed by atoms with E-state index in [2.05, 4.69) is 15.9 Å². The quantitative estimate of drug-likeness (QED) is 0.509. The first-order valence-corrected chi connectivity index (χ1v) is 4.84. The molecule has 0 saturated heterocycles. The molecule has 0 fully saturated rings. The SMILES string of the molecule is Nc1c([N+](=O)[O-])cc([N+](=O)[O-])c(C(F)(F)F)c1Br. The van der Waals surface area contributed by atoms with Crippen LogP contribution < -0.4 is 5.73 Å². The summed E-state index contributed by atoms with van der Waals surface area (Å²) in [5.41, 5.74) is 0.255. The molecule has 11 heteroatoms. The maximum atomic E-state index is 12.6. The summed E-state index contributed by atoms with van der Waals surface area (Å²) in [6.07, 6.45) is -5.06. The molecule has 0 heterocycles. The van der Waals surface area contributed by atoms with Crippen LogP contribution in [0.1, 0.15) is 5.56 Å². The minimum absolute atomic E-state index is 0.183. The predicted octanol–water partition coefficient (Wildman–Crippen LogP) is 2.87. The van der Waals surface area contributed by atoms with Crippen molar-refractivity contribution < 1.29 is 23.0 Å². The summed E-state index contributed by atoms with van der Waals surface area (Å²) in [4.78, 5) is 18.6. The van der Waals surface area contributed by atoms with Crippen LogP contribution in [0.5, 0.6) is 0 Å². The summed E-state index contributed by atoms with van der Waals surface area (Å²) < 4.78 is 36.9. The molecule has 0 aliphatic rings. The molecule has 0 radical (unpaired) electrons. The Morgan fingerprint density at radius 3 is 1.94 bits per heavy atom. The number of benzene rings is 1. The maximum Gasteiger partial charge on any atom is 0.424 e. The molecule has 0 saturated carbocycles. The number of nitro benzene ring substituents is 2. The van der Waals surface area contributed by atoms with Crippen LogP contribution >= 0.6 is 15.9 Å². The van der Waals surface area contributed by atoms with Crippen molar-refractivity contribution in [3.8, 4) is 0 Å². The number of nitrogens with zero attached hydrogens (tertiary/aromatic N) is 2. The molecular weight excluding hydrogens is 327 g/mol. The summed E-state index contributed by atoms with van der Waals surface area (Å²) in [5, 5.41) is 21.0. The highest BCUT2D eigenvalue weighted by Crippen LogP contribution is 2.46. The van der Waals surface area contributed by atoms with Gasteiger partial charge in [0.2, 0.25) is 0 Å². The van der Waals surface area contributed by atoms with Crippen molar-refractivity contribution in [2.24, 2.45) is 0 Å². The van der Waals surface area contributed by atoms with Gasteiger partial charge in [0.25, 0.3) is 11.4 Å². The number of hydrogen-bond donors (Lipinski definition) is 1. The van der Waals surface area contributed by atoms with Crippen molar-refractivity contribution in [2.45, 2.75) is 6.18 Å². The van der Waals surface area contributed by atoms with E-state index in [4.69, 9.17) is 5.73 Å². The zero-order chi connectivity index (χ0) is 14.2. The summed E-state index contributed by atoms with van der Waals surface area (Å²) in [6.45, 7) is 0. The molecular formula is C7H3BrF3N3O4. The number of rotatable bonds is 2. The third-order valence-corrected chi connectivity index (χ3v) is 2.76. The molecule has 7 nitrogen and oxygen atoms in total. The molecule has 0 aromatic heterocycles. The van der Waals surface area contributed by atoms with Gasteiger partial charge in [-0.3, -0.25) is 20.2 Å². The van der Waals surface area contributed by atoms with Crippen molar-refractivity contribution in [2.75, 3.05) is 5.73 Å². The van der Waals surface area contributed by atoms with Crippen molar-refractivity contribution in [1.29, 1.82) is 0 Å². The van der Waals surface area contributed by atoms with E-state index < -0.39 is 43.1 Å². The minimum Gasteiger partial charge on any atom is -0.392 e. The number of anilines is 1. The molecule has 0 spiro atoms. The molecule has 0 aliphatic carbocycles. The third kappa shape index (κ3) is 2.34. The van der Waals surface area contributed by atoms with E-state index in [0.29, 0.717) is 0 Å². The summed E-state index contributed by atoms with van der Waals surface area (Å²) in [7, 11) is 0. The Kier molecular flexibility index (Phi) is 3.46. The normalized spacial score (nSPS) is 11.3. The smallest absolute Gasteiger partial charge is 0.392 e. The van der Waals surface area contributed by atoms with Gasteiger partial charge in [0.05, 0.1) is 20.4 Å². The molecule has 0 bridgehead atoms. The van der Waals surface area contributed by atoms with Crippen LogP contribution in [-0.2, 0) is 6.18 Å². The Bertz CT molecular complexity index is 546. The van der Waals surface area contributed by atoms with Gasteiger partial charge in [0.15, 0.2) is 0 Å². The van der Waals surface area contributed by atoms with Gasteiger partial charge in [-0.15, -0.1) is 0 Å². The second kappa shape index (κ2) is 4.40. The van der Waals surface area contributed by atoms with Gasteiger partial charge in [-0.2, -0.15) is 13.2 Å². The lowest BCUT2D eigenvalue weighted by Gasteiger charge is -2.11. The van der Waals surface area contributed by atoms with Crippen LogP contribution in [0, 0.1) is 20.2 Å². The molecule has 98 valence electrons. The lowest BCUT2D eigenvalue weighted by atomic mass is 10.1. The van der Waals surface area contributed by atoms with Crippen LogP contribution in [0.15, 0.2) is 10.5 Å². The topological polar surface area (TPSA) is 112 Å². The highest BCUT2D eigenvalue weighted by atomic mass is 79.9. The first-order chi connectivity index (χ1) is 8.07. The van der Waals surface area contributed by atoms with Crippen LogP contribution in [-0.4, -0.2) is 9.85 Å². The van der Waals surface area contributed by atoms with Crippen molar-refractivity contribution >= 4 is 33.0 Å². The average Bonchev–Trinajstić information content (AvgIpc) is 2.18. The molecule has 0 atom stereocenters. The van der Waals surface area contributed by atoms with E-state index in [9.17, 15) is 33.4 Å². The zero-order valence-corrected chi connectivity index (χ0v) is 9.78. The molecule has 0 aliphatic heterocycles. The van der Waals surface area contributed by atoms with E-state index in [0.717, 1.165) is 0 Å². The largest absolute Gasteiger partial charge is 0.424 e. The van der Waals surface area contributed by atoms with Crippen LogP contribution in [0.4, 0.5) is 30.2 Å². The van der Waals surface area contributed by atoms with Gasteiger partial charge >= 0.3 is 6.18 Å². The highest BCUT2D eigenvalue weighted by molar-refractivity contribution is 9.10. The first kappa shape index (κ1) is 14.2. The minimum atomic E-state index is -5.06. The number of nitro groups is 2. The summed E-state index contributed by atoms with van der Waals surface area (Å²) in [5.74, 6) is 0. The number of halogens is 4. The molecule has 18 heavy (non-hydrogen) atoms. The van der Waals surface area contributed by atoms with Gasteiger partial charge in [-0.05, 0) is 15.9 Å². The fourth-order valence-electron chi connectivity index (χ4n) is 1.20. The van der Waals surface area contributed by atoms with E-state index in [1.807, 2.05) is 0 Å². The Balaban J connectivity index is 3.78. The van der Waals surface area contributed by atoms with E-state index >= 15 is 0 Å². The molecule has 0 amide bonds. The monoisotopic (exact) mass is 329 g/mol. The van der Waals surface area contributed by atoms with Gasteiger partial charge in [0, 0.05) is 0 Å². The fourth-order valence-corrected chi connectivity index (χ4v) is 1.83. The molecule has 1 aromatic rings. The van der Waals surface area contributed by atoms with Crippen molar-refractivity contribution in [1.82, 2.24) is 0 Å². The number of alkyl halides is 3. The first-order valence-electron chi connectivity index (χ1n) is 4.05. The number of nitrogen functional groups attached to an aromatic ring is 1. The molecule has 2 N–H and O–H groups in total. The summed E-state index contributed by atoms with van der Waals surface area (Å²) >= 11 is 2.40. The fraction of sp³-hybridized carbons (Fsp3) is 0.143. The summed E-state index contributed by atoms with van der Waals surface area (Å²) in [6, 6.07) is 0.183. The van der Waals surface area contributed by atoms with Gasteiger partial charge in [-0.1, -0.05) is 0 Å². The van der Waals surface area contributed by atoms with Crippen LogP contribution in [0.2, 0.25) is 0 Å². The lowest BCUT2D eigenvalue weighted by Crippen LogP contribution is -2.12. The maximum absolute atomic E-state index is 12.6. The molecule has 1 rings (SSSR count). The Morgan fingerprint density at radius 2 is 1.61 bits per heavy atom. The number of hydrogen-bond acceptors (Lipinski definition) is 5. The van der Waals surface area contributed by atoms with Gasteiger partial charge in [0.1, 0.15) is 11.3 Å². The third-order valence-electron chi connectivity index (χ3n) is 1.94. The van der Waals surface area contributed by atoms with Gasteiger partial charge in [-0.25, -0.2) is 0 Å². The molecule has 1 aromatic carbocycles. The zero-order valence-electron chi connectivity index (χ0n) is 8.19. The second-order valence-electron chi connectivity index (χ2n) is 3.03. The van der Waals surface area contributed by atoms with E-state index in [-0.39, 0.29) is 6.07 Å². The predicted molar refractivity (Wildman–Crippen MR) is 56.9 cm³/mol.